The maximum atomic E-state index is 11.4. The van der Waals surface area contributed by atoms with Crippen molar-refractivity contribution in [2.45, 2.75) is 13.0 Å². The number of carbonyl (C=O) groups excluding carboxylic acids is 1. The molecule has 1 unspecified atom stereocenters. The molecule has 24 heavy (non-hydrogen) atoms. The van der Waals surface area contributed by atoms with Crippen molar-refractivity contribution in [3.63, 3.8) is 0 Å². The van der Waals surface area contributed by atoms with Crippen molar-refractivity contribution in [3.8, 4) is 0 Å². The highest BCUT2D eigenvalue weighted by Gasteiger charge is 2.23. The van der Waals surface area contributed by atoms with E-state index < -0.39 is 0 Å². The van der Waals surface area contributed by atoms with Gasteiger partial charge in [0.15, 0.2) is 5.96 Å². The molecular formula is C17H26BrN5O. The molecule has 1 aromatic rings. The summed E-state index contributed by atoms with van der Waals surface area (Å²) in [6, 6.07) is 8.91. The summed E-state index contributed by atoms with van der Waals surface area (Å²) in [7, 11) is 3.39. The third-order valence-electron chi connectivity index (χ3n) is 4.41. The average molecular weight is 396 g/mol. The topological polar surface area (TPSA) is 60.0 Å². The predicted octanol–water partition coefficient (Wildman–Crippen LogP) is 1.45. The molecule has 1 aromatic carbocycles. The summed E-state index contributed by atoms with van der Waals surface area (Å²) in [6.45, 7) is 6.23. The van der Waals surface area contributed by atoms with E-state index in [4.69, 9.17) is 0 Å². The van der Waals surface area contributed by atoms with Gasteiger partial charge in [-0.2, -0.15) is 0 Å². The van der Waals surface area contributed by atoms with Crippen LogP contribution in [0.25, 0.3) is 0 Å². The monoisotopic (exact) mass is 395 g/mol. The molecule has 1 amide bonds. The van der Waals surface area contributed by atoms with E-state index in [0.29, 0.717) is 6.04 Å². The minimum absolute atomic E-state index is 0.0429. The van der Waals surface area contributed by atoms with Crippen molar-refractivity contribution in [2.24, 2.45) is 4.99 Å². The summed E-state index contributed by atoms with van der Waals surface area (Å²) in [5.74, 6) is 0.744. The van der Waals surface area contributed by atoms with E-state index in [2.05, 4.69) is 72.5 Å². The lowest BCUT2D eigenvalue weighted by Gasteiger charge is -2.39. The van der Waals surface area contributed by atoms with Crippen molar-refractivity contribution < 1.29 is 4.79 Å². The molecule has 0 saturated carbocycles. The Morgan fingerprint density at radius 2 is 1.88 bits per heavy atom. The Balaban J connectivity index is 1.87. The van der Waals surface area contributed by atoms with Crippen molar-refractivity contribution in [1.82, 2.24) is 20.4 Å². The second-order valence-corrected chi connectivity index (χ2v) is 6.74. The Kier molecular flexibility index (Phi) is 7.05. The largest absolute Gasteiger partial charge is 0.358 e. The number of amides is 1. The van der Waals surface area contributed by atoms with Gasteiger partial charge < -0.3 is 15.5 Å². The summed E-state index contributed by atoms with van der Waals surface area (Å²) in [5.41, 5.74) is 1.33. The Morgan fingerprint density at radius 1 is 1.25 bits per heavy atom. The molecule has 1 heterocycles. The zero-order valence-electron chi connectivity index (χ0n) is 14.6. The molecule has 1 aliphatic rings. The summed E-state index contributed by atoms with van der Waals surface area (Å²) in [5, 5.41) is 5.72. The fourth-order valence-corrected chi connectivity index (χ4v) is 3.12. The van der Waals surface area contributed by atoms with Crippen molar-refractivity contribution >= 4 is 27.8 Å². The highest BCUT2D eigenvalue weighted by atomic mass is 79.9. The van der Waals surface area contributed by atoms with Gasteiger partial charge in [-0.25, -0.2) is 0 Å². The number of hydrogen-bond acceptors (Lipinski definition) is 3. The Hall–Kier alpha value is -1.60. The van der Waals surface area contributed by atoms with Crippen LogP contribution in [0.3, 0.4) is 0 Å². The van der Waals surface area contributed by atoms with Crippen LogP contribution in [0.1, 0.15) is 18.5 Å². The second-order valence-electron chi connectivity index (χ2n) is 5.82. The number of benzene rings is 1. The third kappa shape index (κ3) is 4.95. The van der Waals surface area contributed by atoms with E-state index >= 15 is 0 Å². The molecule has 0 aromatic heterocycles. The van der Waals surface area contributed by atoms with Gasteiger partial charge in [0.2, 0.25) is 5.91 Å². The van der Waals surface area contributed by atoms with Crippen LogP contribution in [0.5, 0.6) is 0 Å². The van der Waals surface area contributed by atoms with Gasteiger partial charge in [0, 0.05) is 50.8 Å². The van der Waals surface area contributed by atoms with E-state index in [-0.39, 0.29) is 12.5 Å². The third-order valence-corrected chi connectivity index (χ3v) is 4.94. The lowest BCUT2D eigenvalue weighted by molar-refractivity contribution is -0.119. The van der Waals surface area contributed by atoms with Gasteiger partial charge in [-0.05, 0) is 24.6 Å². The first-order chi connectivity index (χ1) is 11.5. The zero-order chi connectivity index (χ0) is 17.5. The molecule has 2 rings (SSSR count). The van der Waals surface area contributed by atoms with Crippen LogP contribution in [0.15, 0.2) is 33.7 Å². The van der Waals surface area contributed by atoms with Crippen LogP contribution in [-0.4, -0.2) is 68.5 Å². The van der Waals surface area contributed by atoms with Crippen molar-refractivity contribution in [2.75, 3.05) is 46.8 Å². The number of guanidine groups is 1. The summed E-state index contributed by atoms with van der Waals surface area (Å²) < 4.78 is 1.11. The number of rotatable bonds is 4. The van der Waals surface area contributed by atoms with Crippen molar-refractivity contribution in [1.29, 1.82) is 0 Å². The molecular weight excluding hydrogens is 370 g/mol. The van der Waals surface area contributed by atoms with Crippen LogP contribution >= 0.6 is 15.9 Å². The molecule has 0 aliphatic carbocycles. The lowest BCUT2D eigenvalue weighted by Crippen LogP contribution is -2.53. The van der Waals surface area contributed by atoms with Crippen LogP contribution < -0.4 is 10.6 Å². The predicted molar refractivity (Wildman–Crippen MR) is 101 cm³/mol. The first kappa shape index (κ1) is 18.7. The van der Waals surface area contributed by atoms with E-state index in [1.165, 1.54) is 5.56 Å². The number of piperazine rings is 1. The standard InChI is InChI=1S/C17H26BrN5O/c1-13(14-4-6-15(18)7-5-14)22-8-10-23(11-9-22)17(20-3)21-12-16(24)19-2/h4-7,13H,8-12H2,1-3H3,(H,19,24)(H,20,21). The molecule has 2 N–H and O–H groups in total. The number of nitrogens with one attached hydrogen (secondary N) is 2. The van der Waals surface area contributed by atoms with Crippen LogP contribution in [0.4, 0.5) is 0 Å². The quantitative estimate of drug-likeness (QED) is 0.598. The van der Waals surface area contributed by atoms with Gasteiger partial charge in [-0.3, -0.25) is 14.7 Å². The van der Waals surface area contributed by atoms with E-state index in [0.717, 1.165) is 36.6 Å². The molecule has 7 heteroatoms. The smallest absolute Gasteiger partial charge is 0.239 e. The Bertz CT molecular complexity index is 567. The lowest BCUT2D eigenvalue weighted by atomic mass is 10.1. The van der Waals surface area contributed by atoms with Crippen LogP contribution in [-0.2, 0) is 4.79 Å². The average Bonchev–Trinajstić information content (AvgIpc) is 2.62. The number of carbonyl (C=O) groups is 1. The van der Waals surface area contributed by atoms with Gasteiger partial charge in [-0.1, -0.05) is 28.1 Å². The number of halogens is 1. The van der Waals surface area contributed by atoms with Gasteiger partial charge in [0.25, 0.3) is 0 Å². The number of hydrogen-bond donors (Lipinski definition) is 2. The SMILES string of the molecule is CN=C(NCC(=O)NC)N1CCN(C(C)c2ccc(Br)cc2)CC1. The minimum Gasteiger partial charge on any atom is -0.358 e. The fourth-order valence-electron chi connectivity index (χ4n) is 2.85. The second kappa shape index (κ2) is 9.03. The van der Waals surface area contributed by atoms with Gasteiger partial charge in [0.05, 0.1) is 6.54 Å². The van der Waals surface area contributed by atoms with Gasteiger partial charge >= 0.3 is 0 Å². The molecule has 1 atom stereocenters. The maximum Gasteiger partial charge on any atom is 0.239 e. The van der Waals surface area contributed by atoms with Gasteiger partial charge in [0.1, 0.15) is 0 Å². The van der Waals surface area contributed by atoms with Crippen LogP contribution in [0, 0.1) is 0 Å². The maximum absolute atomic E-state index is 11.4. The zero-order valence-corrected chi connectivity index (χ0v) is 16.1. The molecule has 1 fully saturated rings. The molecule has 1 aliphatic heterocycles. The Morgan fingerprint density at radius 3 is 2.42 bits per heavy atom. The minimum atomic E-state index is -0.0429. The molecule has 6 nitrogen and oxygen atoms in total. The number of nitrogens with zero attached hydrogens (tertiary/aromatic N) is 3. The molecule has 1 saturated heterocycles. The van der Waals surface area contributed by atoms with Crippen LogP contribution in [0.2, 0.25) is 0 Å². The first-order valence-corrected chi connectivity index (χ1v) is 9.00. The Labute approximate surface area is 152 Å². The fraction of sp³-hybridized carbons (Fsp3) is 0.529. The highest BCUT2D eigenvalue weighted by Crippen LogP contribution is 2.23. The molecule has 132 valence electrons. The van der Waals surface area contributed by atoms with E-state index in [9.17, 15) is 4.79 Å². The van der Waals surface area contributed by atoms with Gasteiger partial charge in [-0.15, -0.1) is 0 Å². The first-order valence-electron chi connectivity index (χ1n) is 8.21. The normalized spacial score (nSPS) is 17.5. The molecule has 0 bridgehead atoms. The van der Waals surface area contributed by atoms with Crippen molar-refractivity contribution in [3.05, 3.63) is 34.3 Å². The molecule has 0 spiro atoms. The van der Waals surface area contributed by atoms with E-state index in [1.807, 2.05) is 0 Å². The summed E-state index contributed by atoms with van der Waals surface area (Å²) >= 11 is 3.48. The number of aliphatic imine (C=N–C) groups is 1. The van der Waals surface area contributed by atoms with E-state index in [1.54, 1.807) is 14.1 Å². The summed E-state index contributed by atoms with van der Waals surface area (Å²) in [4.78, 5) is 20.3. The molecule has 0 radical (unpaired) electrons. The summed E-state index contributed by atoms with van der Waals surface area (Å²) in [6.07, 6.45) is 0. The number of likely N-dealkylation sites (N-methyl/N-ethyl adjacent to an activating group) is 1. The highest BCUT2D eigenvalue weighted by molar-refractivity contribution is 9.10.